The molecular weight excluding hydrogens is 478 g/mol. The summed E-state index contributed by atoms with van der Waals surface area (Å²) in [5, 5.41) is 12.6. The highest BCUT2D eigenvalue weighted by Gasteiger charge is 2.08. The van der Waals surface area contributed by atoms with Gasteiger partial charge in [0.05, 0.1) is 0 Å². The van der Waals surface area contributed by atoms with Crippen LogP contribution < -0.4 is 5.32 Å². The number of carboxylic acids is 1. The lowest BCUT2D eigenvalue weighted by molar-refractivity contribution is -0.137. The average molecular weight is 548 g/mol. The van der Waals surface area contributed by atoms with E-state index >= 15 is 0 Å². The summed E-state index contributed by atoms with van der Waals surface area (Å²) in [6.45, 7) is 7.35. The summed E-state index contributed by atoms with van der Waals surface area (Å²) in [4.78, 5) is 10.5. The molecule has 0 aromatic carbocycles. The van der Waals surface area contributed by atoms with Crippen molar-refractivity contribution in [2.75, 3.05) is 6.54 Å². The first kappa shape index (κ1) is 37.9. The van der Waals surface area contributed by atoms with Crippen LogP contribution in [0.2, 0.25) is 0 Å². The van der Waals surface area contributed by atoms with E-state index in [0.29, 0.717) is 6.42 Å². The van der Waals surface area contributed by atoms with Crippen molar-refractivity contribution in [3.63, 3.8) is 0 Å². The Labute approximate surface area is 245 Å². The van der Waals surface area contributed by atoms with Gasteiger partial charge in [0, 0.05) is 12.5 Å². The minimum Gasteiger partial charge on any atom is -0.481 e. The van der Waals surface area contributed by atoms with E-state index in [1.807, 2.05) is 0 Å². The Morgan fingerprint density at radius 1 is 0.615 bits per heavy atom. The van der Waals surface area contributed by atoms with Gasteiger partial charge in [-0.05, 0) is 70.8 Å². The fourth-order valence-corrected chi connectivity index (χ4v) is 5.43. The maximum Gasteiger partial charge on any atom is 0.303 e. The second-order valence-corrected chi connectivity index (χ2v) is 11.9. The first-order chi connectivity index (χ1) is 19.2. The monoisotopic (exact) mass is 548 g/mol. The Bertz CT molecular complexity index is 530. The van der Waals surface area contributed by atoms with Gasteiger partial charge in [0.1, 0.15) is 0 Å². The van der Waals surface area contributed by atoms with E-state index in [-0.39, 0.29) is 0 Å². The zero-order chi connectivity index (χ0) is 28.5. The van der Waals surface area contributed by atoms with Gasteiger partial charge in [0.2, 0.25) is 0 Å². The number of rotatable bonds is 33. The van der Waals surface area contributed by atoms with Crippen LogP contribution in [0.4, 0.5) is 0 Å². The third kappa shape index (κ3) is 33.0. The molecule has 0 radical (unpaired) electrons. The summed E-state index contributed by atoms with van der Waals surface area (Å²) >= 11 is 0. The van der Waals surface area contributed by atoms with Crippen molar-refractivity contribution < 1.29 is 9.90 Å². The molecule has 3 heteroatoms. The minimum absolute atomic E-state index is 0.327. The molecule has 0 rings (SSSR count). The summed E-state index contributed by atoms with van der Waals surface area (Å²) < 4.78 is 0. The second-order valence-electron chi connectivity index (χ2n) is 11.9. The molecule has 0 aromatic heterocycles. The third-order valence-corrected chi connectivity index (χ3v) is 8.03. The van der Waals surface area contributed by atoms with Crippen LogP contribution >= 0.6 is 0 Å². The summed E-state index contributed by atoms with van der Waals surface area (Å²) in [7, 11) is 0. The van der Waals surface area contributed by atoms with Gasteiger partial charge in [0.25, 0.3) is 0 Å². The lowest BCUT2D eigenvalue weighted by Crippen LogP contribution is -2.30. The molecule has 230 valence electrons. The molecule has 0 aliphatic carbocycles. The summed E-state index contributed by atoms with van der Waals surface area (Å²) in [6.07, 6.45) is 42.5. The minimum atomic E-state index is -0.663. The Hall–Kier alpha value is -1.09. The van der Waals surface area contributed by atoms with E-state index in [0.717, 1.165) is 18.9 Å². The lowest BCUT2D eigenvalue weighted by atomic mass is 9.99. The molecule has 0 aliphatic rings. The molecule has 0 bridgehead atoms. The highest BCUT2D eigenvalue weighted by Crippen LogP contribution is 2.15. The number of nitrogens with one attached hydrogen (secondary N) is 1. The number of hydrogen-bond donors (Lipinski definition) is 2. The average Bonchev–Trinajstić information content (AvgIpc) is 2.93. The van der Waals surface area contributed by atoms with Gasteiger partial charge in [-0.2, -0.15) is 0 Å². The van der Waals surface area contributed by atoms with Gasteiger partial charge in [-0.25, -0.2) is 0 Å². The quantitative estimate of drug-likeness (QED) is 0.0634. The van der Waals surface area contributed by atoms with Crippen molar-refractivity contribution in [3.8, 4) is 0 Å². The van der Waals surface area contributed by atoms with E-state index in [9.17, 15) is 4.79 Å². The smallest absolute Gasteiger partial charge is 0.303 e. The van der Waals surface area contributed by atoms with Gasteiger partial charge in [0.15, 0.2) is 0 Å². The Morgan fingerprint density at radius 3 is 1.56 bits per heavy atom. The Balaban J connectivity index is 3.69. The van der Waals surface area contributed by atoms with Crippen LogP contribution in [-0.4, -0.2) is 23.7 Å². The number of hydrogen-bond acceptors (Lipinski definition) is 2. The van der Waals surface area contributed by atoms with Crippen LogP contribution in [0.25, 0.3) is 0 Å². The maximum atomic E-state index is 10.5. The van der Waals surface area contributed by atoms with Crippen molar-refractivity contribution in [1.82, 2.24) is 5.32 Å². The van der Waals surface area contributed by atoms with Gasteiger partial charge >= 0.3 is 5.97 Å². The van der Waals surface area contributed by atoms with E-state index < -0.39 is 5.97 Å². The number of unbranched alkanes of at least 4 members (excludes halogenated alkanes) is 21. The Morgan fingerprint density at radius 2 is 1.05 bits per heavy atom. The van der Waals surface area contributed by atoms with Crippen LogP contribution in [0, 0.1) is 0 Å². The van der Waals surface area contributed by atoms with Gasteiger partial charge in [-0.15, -0.1) is 6.58 Å². The van der Waals surface area contributed by atoms with Crippen LogP contribution in [0.3, 0.4) is 0 Å². The third-order valence-electron chi connectivity index (χ3n) is 8.03. The van der Waals surface area contributed by atoms with Crippen LogP contribution in [-0.2, 0) is 4.79 Å². The van der Waals surface area contributed by atoms with Crippen LogP contribution in [0.5, 0.6) is 0 Å². The first-order valence-electron chi connectivity index (χ1n) is 17.4. The topological polar surface area (TPSA) is 49.3 Å². The van der Waals surface area contributed by atoms with Crippen LogP contribution in [0.1, 0.15) is 187 Å². The molecule has 0 saturated heterocycles. The number of carboxylic acid groups (broad SMARTS) is 1. The molecule has 0 fully saturated rings. The predicted octanol–water partition coefficient (Wildman–Crippen LogP) is 11.7. The van der Waals surface area contributed by atoms with E-state index in [2.05, 4.69) is 37.0 Å². The molecule has 39 heavy (non-hydrogen) atoms. The molecule has 2 N–H and O–H groups in total. The van der Waals surface area contributed by atoms with E-state index in [1.54, 1.807) is 0 Å². The number of aliphatic carboxylic acids is 1. The molecule has 1 unspecified atom stereocenters. The molecule has 0 amide bonds. The van der Waals surface area contributed by atoms with Gasteiger partial charge in [-0.3, -0.25) is 4.79 Å². The van der Waals surface area contributed by atoms with Gasteiger partial charge in [-0.1, -0.05) is 134 Å². The number of allylic oxidation sites excluding steroid dienone is 3. The fraction of sp³-hybridized carbons (Fsp3) is 0.861. The first-order valence-corrected chi connectivity index (χ1v) is 17.4. The normalized spacial score (nSPS) is 12.3. The molecule has 3 nitrogen and oxygen atoms in total. The SMILES string of the molecule is C=CCCCCCCC(CCCCCCCCC)NCCCCCCCCC=CCCCCCCCC(=O)O. The highest BCUT2D eigenvalue weighted by molar-refractivity contribution is 5.66. The molecule has 0 aromatic rings. The molecular formula is C36H69NO2. The summed E-state index contributed by atoms with van der Waals surface area (Å²) in [6, 6.07) is 0.740. The second kappa shape index (κ2) is 33.1. The van der Waals surface area contributed by atoms with E-state index in [4.69, 9.17) is 5.11 Å². The predicted molar refractivity (Wildman–Crippen MR) is 174 cm³/mol. The zero-order valence-corrected chi connectivity index (χ0v) is 26.4. The fourth-order valence-electron chi connectivity index (χ4n) is 5.43. The summed E-state index contributed by atoms with van der Waals surface area (Å²) in [5.74, 6) is -0.663. The van der Waals surface area contributed by atoms with Crippen molar-refractivity contribution >= 4 is 5.97 Å². The van der Waals surface area contributed by atoms with Crippen molar-refractivity contribution in [2.45, 2.75) is 193 Å². The zero-order valence-electron chi connectivity index (χ0n) is 26.4. The molecule has 1 atom stereocenters. The van der Waals surface area contributed by atoms with Crippen molar-refractivity contribution in [2.24, 2.45) is 0 Å². The maximum absolute atomic E-state index is 10.5. The standard InChI is InChI=1S/C36H69NO2/c1-3-5-7-9-20-24-28-32-35(31-27-23-10-8-6-4-2)37-34-30-26-22-19-17-15-13-11-12-14-16-18-21-25-29-33-36(38)39/h4,11-12,35,37H,2-3,5-10,13-34H2,1H3,(H,38,39). The number of carbonyl (C=O) groups is 1. The van der Waals surface area contributed by atoms with Gasteiger partial charge < -0.3 is 10.4 Å². The molecule has 0 heterocycles. The van der Waals surface area contributed by atoms with E-state index in [1.165, 1.54) is 167 Å². The largest absolute Gasteiger partial charge is 0.481 e. The summed E-state index contributed by atoms with van der Waals surface area (Å²) in [5.41, 5.74) is 0. The lowest BCUT2D eigenvalue weighted by Gasteiger charge is -2.19. The highest BCUT2D eigenvalue weighted by atomic mass is 16.4. The molecule has 0 saturated carbocycles. The van der Waals surface area contributed by atoms with Crippen molar-refractivity contribution in [1.29, 1.82) is 0 Å². The van der Waals surface area contributed by atoms with Crippen LogP contribution in [0.15, 0.2) is 24.8 Å². The molecule has 0 spiro atoms. The molecule has 0 aliphatic heterocycles. The van der Waals surface area contributed by atoms with Crippen molar-refractivity contribution in [3.05, 3.63) is 24.8 Å². The Kier molecular flexibility index (Phi) is 32.2.